The molecule has 0 saturated carbocycles. The third kappa shape index (κ3) is 5.15. The molecule has 1 unspecified atom stereocenters. The number of hydrogen-bond acceptors (Lipinski definition) is 3. The van der Waals surface area contributed by atoms with Crippen molar-refractivity contribution < 1.29 is 19.4 Å². The lowest BCUT2D eigenvalue weighted by Gasteiger charge is -2.19. The first-order valence-corrected chi connectivity index (χ1v) is 12.1. The molecule has 36 heavy (non-hydrogen) atoms. The zero-order valence-electron chi connectivity index (χ0n) is 19.8. The van der Waals surface area contributed by atoms with Crippen LogP contribution >= 0.6 is 0 Å². The van der Waals surface area contributed by atoms with E-state index in [1.165, 1.54) is 0 Å². The SMILES string of the molecule is O=C(O)CC(Cc1ccc(-c2ccccc2)cc1)NC(=O)OCC1c2ccccc2-c2ccccc21. The van der Waals surface area contributed by atoms with Gasteiger partial charge in [-0.3, -0.25) is 4.79 Å². The van der Waals surface area contributed by atoms with Crippen molar-refractivity contribution in [1.82, 2.24) is 5.32 Å². The highest BCUT2D eigenvalue weighted by Gasteiger charge is 2.29. The quantitative estimate of drug-likeness (QED) is 0.313. The number of carboxylic acid groups (broad SMARTS) is 1. The van der Waals surface area contributed by atoms with Gasteiger partial charge >= 0.3 is 12.1 Å². The van der Waals surface area contributed by atoms with Crippen LogP contribution in [0.1, 0.15) is 29.0 Å². The fraction of sp³-hybridized carbons (Fsp3) is 0.161. The molecule has 180 valence electrons. The van der Waals surface area contributed by atoms with Crippen LogP contribution in [0.4, 0.5) is 4.79 Å². The molecule has 5 nitrogen and oxygen atoms in total. The van der Waals surface area contributed by atoms with E-state index in [-0.39, 0.29) is 18.9 Å². The molecule has 2 N–H and O–H groups in total. The molecule has 5 rings (SSSR count). The first kappa shape index (κ1) is 23.4. The molecular formula is C31H27NO4. The van der Waals surface area contributed by atoms with Crippen LogP contribution in [0.3, 0.4) is 0 Å². The van der Waals surface area contributed by atoms with Gasteiger partial charge in [-0.15, -0.1) is 0 Å². The molecule has 4 aromatic carbocycles. The van der Waals surface area contributed by atoms with E-state index in [1.807, 2.05) is 78.9 Å². The normalized spacial score (nSPS) is 12.9. The number of alkyl carbamates (subject to hydrolysis) is 1. The van der Waals surface area contributed by atoms with E-state index >= 15 is 0 Å². The number of ether oxygens (including phenoxy) is 1. The monoisotopic (exact) mass is 477 g/mol. The molecule has 0 aliphatic heterocycles. The fourth-order valence-corrected chi connectivity index (χ4v) is 4.94. The summed E-state index contributed by atoms with van der Waals surface area (Å²) in [5.41, 5.74) is 7.72. The van der Waals surface area contributed by atoms with E-state index in [0.717, 1.165) is 38.9 Å². The van der Waals surface area contributed by atoms with Gasteiger partial charge in [0.2, 0.25) is 0 Å². The maximum absolute atomic E-state index is 12.7. The Labute approximate surface area is 210 Å². The van der Waals surface area contributed by atoms with Crippen LogP contribution in [0.2, 0.25) is 0 Å². The van der Waals surface area contributed by atoms with Crippen molar-refractivity contribution in [1.29, 1.82) is 0 Å². The Morgan fingerprint density at radius 3 is 1.92 bits per heavy atom. The van der Waals surface area contributed by atoms with Crippen molar-refractivity contribution in [3.63, 3.8) is 0 Å². The molecular weight excluding hydrogens is 450 g/mol. The molecule has 1 atom stereocenters. The summed E-state index contributed by atoms with van der Waals surface area (Å²) in [6, 6.07) is 33.7. The van der Waals surface area contributed by atoms with Gasteiger partial charge in [-0.2, -0.15) is 0 Å². The Morgan fingerprint density at radius 1 is 0.750 bits per heavy atom. The Bertz CT molecular complexity index is 1320. The smallest absolute Gasteiger partial charge is 0.407 e. The number of rotatable bonds is 8. The van der Waals surface area contributed by atoms with Gasteiger partial charge in [-0.25, -0.2) is 4.79 Å². The van der Waals surface area contributed by atoms with Gasteiger partial charge in [0.25, 0.3) is 0 Å². The number of benzene rings is 4. The standard InChI is InChI=1S/C31H27NO4/c33-30(34)19-24(18-21-14-16-23(17-15-21)22-8-2-1-3-9-22)32-31(35)36-20-29-27-12-6-4-10-25(27)26-11-5-7-13-28(26)29/h1-17,24,29H,18-20H2,(H,32,35)(H,33,34). The third-order valence-corrected chi connectivity index (χ3v) is 6.63. The summed E-state index contributed by atoms with van der Waals surface area (Å²) >= 11 is 0. The van der Waals surface area contributed by atoms with E-state index in [4.69, 9.17) is 4.74 Å². The largest absolute Gasteiger partial charge is 0.481 e. The van der Waals surface area contributed by atoms with Gasteiger partial charge in [0.1, 0.15) is 6.61 Å². The highest BCUT2D eigenvalue weighted by molar-refractivity contribution is 5.79. The summed E-state index contributed by atoms with van der Waals surface area (Å²) in [6.07, 6.45) is -0.403. The first-order valence-electron chi connectivity index (χ1n) is 12.1. The summed E-state index contributed by atoms with van der Waals surface area (Å²) in [5, 5.41) is 12.2. The van der Waals surface area contributed by atoms with Crippen LogP contribution in [0.25, 0.3) is 22.3 Å². The molecule has 1 amide bonds. The van der Waals surface area contributed by atoms with Crippen molar-refractivity contribution in [3.05, 3.63) is 120 Å². The number of amides is 1. The van der Waals surface area contributed by atoms with Gasteiger partial charge in [-0.05, 0) is 45.4 Å². The van der Waals surface area contributed by atoms with Crippen molar-refractivity contribution in [2.45, 2.75) is 24.8 Å². The second-order valence-electron chi connectivity index (χ2n) is 9.03. The highest BCUT2D eigenvalue weighted by Crippen LogP contribution is 2.44. The van der Waals surface area contributed by atoms with Gasteiger partial charge in [0, 0.05) is 12.0 Å². The van der Waals surface area contributed by atoms with Gasteiger partial charge in [0.15, 0.2) is 0 Å². The number of fused-ring (bicyclic) bond motifs is 3. The maximum Gasteiger partial charge on any atom is 0.407 e. The van der Waals surface area contributed by atoms with Crippen LogP contribution in [0.15, 0.2) is 103 Å². The maximum atomic E-state index is 12.7. The van der Waals surface area contributed by atoms with Crippen LogP contribution < -0.4 is 5.32 Å². The Morgan fingerprint density at radius 2 is 1.31 bits per heavy atom. The summed E-state index contributed by atoms with van der Waals surface area (Å²) < 4.78 is 5.62. The molecule has 0 heterocycles. The van der Waals surface area contributed by atoms with Crippen molar-refractivity contribution in [2.75, 3.05) is 6.61 Å². The third-order valence-electron chi connectivity index (χ3n) is 6.63. The molecule has 0 aromatic heterocycles. The highest BCUT2D eigenvalue weighted by atomic mass is 16.5. The minimum Gasteiger partial charge on any atom is -0.481 e. The second-order valence-corrected chi connectivity index (χ2v) is 9.03. The molecule has 0 spiro atoms. The molecule has 0 saturated heterocycles. The summed E-state index contributed by atoms with van der Waals surface area (Å²) in [5.74, 6) is -1.02. The van der Waals surface area contributed by atoms with Crippen LogP contribution in [-0.2, 0) is 16.0 Å². The van der Waals surface area contributed by atoms with E-state index < -0.39 is 18.1 Å². The number of carboxylic acids is 1. The zero-order chi connectivity index (χ0) is 24.9. The Balaban J connectivity index is 1.24. The van der Waals surface area contributed by atoms with Crippen molar-refractivity contribution in [2.24, 2.45) is 0 Å². The zero-order valence-corrected chi connectivity index (χ0v) is 19.8. The molecule has 1 aliphatic carbocycles. The first-order chi connectivity index (χ1) is 17.6. The number of nitrogens with one attached hydrogen (secondary N) is 1. The number of carbonyl (C=O) groups excluding carboxylic acids is 1. The molecule has 1 aliphatic rings. The minimum atomic E-state index is -0.972. The lowest BCUT2D eigenvalue weighted by Crippen LogP contribution is -2.39. The van der Waals surface area contributed by atoms with Gasteiger partial charge < -0.3 is 15.2 Å². The minimum absolute atomic E-state index is 0.0494. The lowest BCUT2D eigenvalue weighted by atomic mass is 9.98. The average Bonchev–Trinajstić information content (AvgIpc) is 3.22. The molecule has 4 aromatic rings. The van der Waals surface area contributed by atoms with E-state index in [0.29, 0.717) is 6.42 Å². The predicted octanol–water partition coefficient (Wildman–Crippen LogP) is 6.28. The van der Waals surface area contributed by atoms with Gasteiger partial charge in [0.05, 0.1) is 6.42 Å². The summed E-state index contributed by atoms with van der Waals surface area (Å²) in [7, 11) is 0. The Kier molecular flexibility index (Phi) is 6.80. The molecule has 5 heteroatoms. The molecule has 0 fully saturated rings. The van der Waals surface area contributed by atoms with E-state index in [2.05, 4.69) is 29.6 Å². The number of aliphatic carboxylic acids is 1. The number of carbonyl (C=O) groups is 2. The van der Waals surface area contributed by atoms with Crippen LogP contribution in [-0.4, -0.2) is 29.8 Å². The van der Waals surface area contributed by atoms with Crippen LogP contribution in [0, 0.1) is 0 Å². The van der Waals surface area contributed by atoms with Crippen molar-refractivity contribution in [3.8, 4) is 22.3 Å². The topological polar surface area (TPSA) is 75.6 Å². The Hall–Kier alpha value is -4.38. The van der Waals surface area contributed by atoms with E-state index in [1.54, 1.807) is 0 Å². The van der Waals surface area contributed by atoms with E-state index in [9.17, 15) is 14.7 Å². The number of hydrogen-bond donors (Lipinski definition) is 2. The molecule has 0 radical (unpaired) electrons. The summed E-state index contributed by atoms with van der Waals surface area (Å²) in [4.78, 5) is 24.2. The lowest BCUT2D eigenvalue weighted by molar-refractivity contribution is -0.137. The van der Waals surface area contributed by atoms with Crippen molar-refractivity contribution >= 4 is 12.1 Å². The molecule has 0 bridgehead atoms. The average molecular weight is 478 g/mol. The fourth-order valence-electron chi connectivity index (χ4n) is 4.94. The van der Waals surface area contributed by atoms with Gasteiger partial charge in [-0.1, -0.05) is 103 Å². The predicted molar refractivity (Wildman–Crippen MR) is 140 cm³/mol. The van der Waals surface area contributed by atoms with Crippen LogP contribution in [0.5, 0.6) is 0 Å². The second kappa shape index (κ2) is 10.5. The summed E-state index contributed by atoms with van der Waals surface area (Å²) in [6.45, 7) is 0.186.